The Hall–Kier alpha value is -0.570. The minimum Gasteiger partial charge on any atom is -0.395 e. The highest BCUT2D eigenvalue weighted by atomic mass is 35.5. The Morgan fingerprint density at radius 3 is 2.36 bits per heavy atom. The first kappa shape index (κ1) is 11.5. The number of benzene rings is 1. The van der Waals surface area contributed by atoms with Crippen molar-refractivity contribution in [1.82, 2.24) is 5.32 Å². The average molecular weight is 214 g/mol. The van der Waals surface area contributed by atoms with Crippen LogP contribution in [0, 0.1) is 13.8 Å². The molecule has 0 bridgehead atoms. The van der Waals surface area contributed by atoms with Crippen LogP contribution in [0.4, 0.5) is 0 Å². The molecule has 0 heterocycles. The Balaban J connectivity index is 2.75. The molecule has 0 atom stereocenters. The van der Waals surface area contributed by atoms with Gasteiger partial charge < -0.3 is 10.4 Å². The van der Waals surface area contributed by atoms with Crippen LogP contribution in [0.5, 0.6) is 0 Å². The highest BCUT2D eigenvalue weighted by Crippen LogP contribution is 2.19. The third-order valence-corrected chi connectivity index (χ3v) is 2.47. The molecule has 0 saturated carbocycles. The van der Waals surface area contributed by atoms with E-state index in [1.165, 1.54) is 16.7 Å². The maximum absolute atomic E-state index is 8.64. The summed E-state index contributed by atoms with van der Waals surface area (Å²) in [6.45, 7) is 5.69. The smallest absolute Gasteiger partial charge is 0.0556 e. The summed E-state index contributed by atoms with van der Waals surface area (Å²) in [6.07, 6.45) is 0. The van der Waals surface area contributed by atoms with Gasteiger partial charge in [0, 0.05) is 18.1 Å². The highest BCUT2D eigenvalue weighted by molar-refractivity contribution is 6.30. The predicted octanol–water partition coefficient (Wildman–Crippen LogP) is 2.04. The largest absolute Gasteiger partial charge is 0.395 e. The van der Waals surface area contributed by atoms with E-state index in [2.05, 4.69) is 19.2 Å². The van der Waals surface area contributed by atoms with Crippen molar-refractivity contribution in [3.8, 4) is 0 Å². The van der Waals surface area contributed by atoms with E-state index in [-0.39, 0.29) is 6.61 Å². The van der Waals surface area contributed by atoms with Gasteiger partial charge in [0.1, 0.15) is 0 Å². The maximum atomic E-state index is 8.64. The molecule has 0 spiro atoms. The molecule has 0 saturated heterocycles. The van der Waals surface area contributed by atoms with Gasteiger partial charge in [-0.1, -0.05) is 11.6 Å². The van der Waals surface area contributed by atoms with E-state index in [1.54, 1.807) is 0 Å². The Bertz CT molecular complexity index is 289. The SMILES string of the molecule is Cc1cc(Cl)cc(C)c1CNCCO. The molecule has 14 heavy (non-hydrogen) atoms. The van der Waals surface area contributed by atoms with Gasteiger partial charge in [-0.3, -0.25) is 0 Å². The Labute approximate surface area is 89.9 Å². The lowest BCUT2D eigenvalue weighted by atomic mass is 10.0. The lowest BCUT2D eigenvalue weighted by Crippen LogP contribution is -2.18. The average Bonchev–Trinajstić information content (AvgIpc) is 2.09. The summed E-state index contributed by atoms with van der Waals surface area (Å²) in [4.78, 5) is 0. The second-order valence-corrected chi connectivity index (χ2v) is 3.85. The highest BCUT2D eigenvalue weighted by Gasteiger charge is 2.03. The van der Waals surface area contributed by atoms with E-state index < -0.39 is 0 Å². The monoisotopic (exact) mass is 213 g/mol. The zero-order chi connectivity index (χ0) is 10.6. The quantitative estimate of drug-likeness (QED) is 0.751. The van der Waals surface area contributed by atoms with Crippen LogP contribution in [0.1, 0.15) is 16.7 Å². The second kappa shape index (κ2) is 5.35. The van der Waals surface area contributed by atoms with Gasteiger partial charge in [0.15, 0.2) is 0 Å². The fourth-order valence-corrected chi connectivity index (χ4v) is 1.84. The van der Waals surface area contributed by atoms with E-state index in [4.69, 9.17) is 16.7 Å². The van der Waals surface area contributed by atoms with Crippen LogP contribution in [-0.4, -0.2) is 18.3 Å². The van der Waals surface area contributed by atoms with Crippen LogP contribution >= 0.6 is 11.6 Å². The number of aliphatic hydroxyl groups excluding tert-OH is 1. The molecule has 0 amide bonds. The zero-order valence-electron chi connectivity index (χ0n) is 8.60. The van der Waals surface area contributed by atoms with Gasteiger partial charge in [-0.05, 0) is 42.7 Å². The number of hydrogen-bond acceptors (Lipinski definition) is 2. The number of aliphatic hydroxyl groups is 1. The molecule has 78 valence electrons. The molecule has 3 heteroatoms. The van der Waals surface area contributed by atoms with E-state index in [0.717, 1.165) is 11.6 Å². The summed E-state index contributed by atoms with van der Waals surface area (Å²) in [5.74, 6) is 0. The molecule has 2 nitrogen and oxygen atoms in total. The standard InChI is InChI=1S/C11H16ClNO/c1-8-5-10(12)6-9(2)11(8)7-13-3-4-14/h5-6,13-14H,3-4,7H2,1-2H3. The molecular formula is C11H16ClNO. The summed E-state index contributed by atoms with van der Waals surface area (Å²) in [5, 5.41) is 12.6. The molecule has 0 aliphatic carbocycles. The third kappa shape index (κ3) is 2.98. The van der Waals surface area contributed by atoms with Crippen molar-refractivity contribution in [1.29, 1.82) is 0 Å². The molecule has 0 aliphatic heterocycles. The van der Waals surface area contributed by atoms with Crippen LogP contribution in [0.25, 0.3) is 0 Å². The van der Waals surface area contributed by atoms with Gasteiger partial charge in [0.25, 0.3) is 0 Å². The van der Waals surface area contributed by atoms with Gasteiger partial charge in [0.05, 0.1) is 6.61 Å². The van der Waals surface area contributed by atoms with Gasteiger partial charge in [-0.2, -0.15) is 0 Å². The van der Waals surface area contributed by atoms with Gasteiger partial charge in [-0.25, -0.2) is 0 Å². The lowest BCUT2D eigenvalue weighted by Gasteiger charge is -2.11. The fraction of sp³-hybridized carbons (Fsp3) is 0.455. The molecule has 0 radical (unpaired) electrons. The van der Waals surface area contributed by atoms with Crippen LogP contribution in [0.2, 0.25) is 5.02 Å². The van der Waals surface area contributed by atoms with Crippen molar-refractivity contribution in [3.05, 3.63) is 33.8 Å². The fourth-order valence-electron chi connectivity index (χ4n) is 1.51. The summed E-state index contributed by atoms with van der Waals surface area (Å²) >= 11 is 5.92. The molecule has 0 aromatic heterocycles. The topological polar surface area (TPSA) is 32.3 Å². The summed E-state index contributed by atoms with van der Waals surface area (Å²) in [7, 11) is 0. The number of hydrogen-bond donors (Lipinski definition) is 2. The van der Waals surface area contributed by atoms with E-state index >= 15 is 0 Å². The van der Waals surface area contributed by atoms with E-state index in [1.807, 2.05) is 12.1 Å². The Morgan fingerprint density at radius 1 is 1.29 bits per heavy atom. The van der Waals surface area contributed by atoms with Crippen molar-refractivity contribution in [3.63, 3.8) is 0 Å². The molecule has 1 aromatic carbocycles. The van der Waals surface area contributed by atoms with Crippen molar-refractivity contribution in [2.24, 2.45) is 0 Å². The Kier molecular flexibility index (Phi) is 4.39. The van der Waals surface area contributed by atoms with Crippen LogP contribution in [0.15, 0.2) is 12.1 Å². The summed E-state index contributed by atoms with van der Waals surface area (Å²) in [6, 6.07) is 3.93. The van der Waals surface area contributed by atoms with Crippen LogP contribution in [0.3, 0.4) is 0 Å². The first-order valence-corrected chi connectivity index (χ1v) is 5.10. The summed E-state index contributed by atoms with van der Waals surface area (Å²) in [5.41, 5.74) is 3.66. The minimum absolute atomic E-state index is 0.172. The van der Waals surface area contributed by atoms with Crippen LogP contribution < -0.4 is 5.32 Å². The molecular weight excluding hydrogens is 198 g/mol. The summed E-state index contributed by atoms with van der Waals surface area (Å²) < 4.78 is 0. The minimum atomic E-state index is 0.172. The van der Waals surface area contributed by atoms with Gasteiger partial charge in [0.2, 0.25) is 0 Å². The maximum Gasteiger partial charge on any atom is 0.0556 e. The Morgan fingerprint density at radius 2 is 1.86 bits per heavy atom. The molecule has 0 aliphatic rings. The molecule has 0 unspecified atom stereocenters. The first-order valence-electron chi connectivity index (χ1n) is 4.72. The number of halogens is 1. The van der Waals surface area contributed by atoms with E-state index in [9.17, 15) is 0 Å². The van der Waals surface area contributed by atoms with Crippen molar-refractivity contribution in [2.75, 3.05) is 13.2 Å². The number of aryl methyl sites for hydroxylation is 2. The normalized spacial score (nSPS) is 10.6. The molecule has 1 rings (SSSR count). The van der Waals surface area contributed by atoms with Crippen molar-refractivity contribution < 1.29 is 5.11 Å². The third-order valence-electron chi connectivity index (χ3n) is 2.25. The first-order chi connectivity index (χ1) is 6.65. The zero-order valence-corrected chi connectivity index (χ0v) is 9.36. The van der Waals surface area contributed by atoms with Gasteiger partial charge in [-0.15, -0.1) is 0 Å². The molecule has 1 aromatic rings. The van der Waals surface area contributed by atoms with Gasteiger partial charge >= 0.3 is 0 Å². The number of rotatable bonds is 4. The van der Waals surface area contributed by atoms with Crippen molar-refractivity contribution >= 4 is 11.6 Å². The number of nitrogens with one attached hydrogen (secondary N) is 1. The van der Waals surface area contributed by atoms with E-state index in [0.29, 0.717) is 6.54 Å². The molecule has 0 fully saturated rings. The predicted molar refractivity (Wildman–Crippen MR) is 59.7 cm³/mol. The lowest BCUT2D eigenvalue weighted by molar-refractivity contribution is 0.292. The van der Waals surface area contributed by atoms with Crippen molar-refractivity contribution in [2.45, 2.75) is 20.4 Å². The van der Waals surface area contributed by atoms with Crippen LogP contribution in [-0.2, 0) is 6.54 Å². The molecule has 2 N–H and O–H groups in total. The second-order valence-electron chi connectivity index (χ2n) is 3.42.